The Balaban J connectivity index is 1.52. The Morgan fingerprint density at radius 2 is 1.66 bits per heavy atom. The number of nitrogens with one attached hydrogen (secondary N) is 2. The molecule has 41 heavy (non-hydrogen) atoms. The minimum Gasteiger partial charge on any atom is -0.497 e. The third kappa shape index (κ3) is 8.03. The summed E-state index contributed by atoms with van der Waals surface area (Å²) in [7, 11) is 1.63. The lowest BCUT2D eigenvalue weighted by atomic mass is 10.1. The van der Waals surface area contributed by atoms with Crippen LogP contribution >= 0.6 is 0 Å². The maximum atomic E-state index is 13.8. The number of carbonyl (C=O) groups excluding carboxylic acids is 2. The quantitative estimate of drug-likeness (QED) is 0.186. The van der Waals surface area contributed by atoms with Crippen molar-refractivity contribution < 1.29 is 19.1 Å². The van der Waals surface area contributed by atoms with E-state index < -0.39 is 0 Å². The molecular weight excluding hydrogens is 516 g/mol. The highest BCUT2D eigenvalue weighted by Crippen LogP contribution is 2.24. The molecule has 216 valence electrons. The van der Waals surface area contributed by atoms with Crippen LogP contribution in [0.3, 0.4) is 0 Å². The van der Waals surface area contributed by atoms with Crippen molar-refractivity contribution in [2.75, 3.05) is 38.7 Å². The normalized spacial score (nSPS) is 10.8. The summed E-state index contributed by atoms with van der Waals surface area (Å²) < 4.78 is 11.0. The molecule has 0 aliphatic heterocycles. The molecule has 3 aromatic carbocycles. The number of hydrogen-bond donors (Lipinski definition) is 2. The van der Waals surface area contributed by atoms with Gasteiger partial charge in [0, 0.05) is 36.7 Å². The van der Waals surface area contributed by atoms with Crippen LogP contribution in [0.5, 0.6) is 11.5 Å². The number of para-hydroxylation sites is 3. The number of carbonyl (C=O) groups is 2. The first-order valence-electron chi connectivity index (χ1n) is 14.3. The van der Waals surface area contributed by atoms with Crippen LogP contribution in [0.15, 0.2) is 79.0 Å². The lowest BCUT2D eigenvalue weighted by Gasteiger charge is -2.28. The number of H-pyrrole nitrogens is 1. The van der Waals surface area contributed by atoms with Crippen molar-refractivity contribution in [3.63, 3.8) is 0 Å². The second-order valence-corrected chi connectivity index (χ2v) is 9.91. The van der Waals surface area contributed by atoms with Crippen LogP contribution in [0.1, 0.15) is 37.8 Å². The van der Waals surface area contributed by atoms with Crippen LogP contribution in [-0.2, 0) is 17.8 Å². The Morgan fingerprint density at radius 3 is 2.41 bits per heavy atom. The number of methoxy groups -OCH3 is 1. The molecule has 0 bridgehead atoms. The van der Waals surface area contributed by atoms with Crippen molar-refractivity contribution in [1.82, 2.24) is 14.8 Å². The number of fused-ring (bicyclic) bond motifs is 1. The van der Waals surface area contributed by atoms with Gasteiger partial charge in [-0.1, -0.05) is 55.8 Å². The molecular formula is C33H40N4O4. The molecule has 1 aromatic heterocycles. The van der Waals surface area contributed by atoms with Gasteiger partial charge >= 0.3 is 6.03 Å². The highest BCUT2D eigenvalue weighted by molar-refractivity contribution is 5.93. The molecule has 2 N–H and O–H groups in total. The van der Waals surface area contributed by atoms with Crippen molar-refractivity contribution in [2.24, 2.45) is 0 Å². The van der Waals surface area contributed by atoms with E-state index in [4.69, 9.17) is 9.47 Å². The maximum Gasteiger partial charge on any atom is 0.322 e. The van der Waals surface area contributed by atoms with Gasteiger partial charge in [0.05, 0.1) is 19.4 Å². The van der Waals surface area contributed by atoms with Gasteiger partial charge in [-0.3, -0.25) is 4.79 Å². The number of urea groups is 1. The maximum absolute atomic E-state index is 13.8. The number of amides is 3. The molecule has 0 saturated carbocycles. The first-order chi connectivity index (χ1) is 20.0. The summed E-state index contributed by atoms with van der Waals surface area (Å²) >= 11 is 0. The predicted octanol–water partition coefficient (Wildman–Crippen LogP) is 6.48. The number of anilines is 1. The van der Waals surface area contributed by atoms with E-state index in [-0.39, 0.29) is 18.5 Å². The van der Waals surface area contributed by atoms with Gasteiger partial charge in [-0.2, -0.15) is 0 Å². The molecule has 4 rings (SSSR count). The standard InChI is InChI=1S/C33H40N4O4/c1-4-6-20-37(33(39)35-30-13-9-10-14-31(30)41-5-2)24-32(38)36(23-25-15-17-27(40-3)18-16-25)21-19-26-22-34-29-12-8-7-11-28(26)29/h7-18,22,34H,4-6,19-21,23-24H2,1-3H3,(H,35,39). The van der Waals surface area contributed by atoms with Gasteiger partial charge in [0.25, 0.3) is 0 Å². The van der Waals surface area contributed by atoms with E-state index in [1.807, 2.05) is 78.7 Å². The van der Waals surface area contributed by atoms with Crippen LogP contribution in [0, 0.1) is 0 Å². The van der Waals surface area contributed by atoms with Gasteiger partial charge in [-0.25, -0.2) is 4.79 Å². The van der Waals surface area contributed by atoms with Crippen molar-refractivity contribution in [2.45, 2.75) is 39.7 Å². The van der Waals surface area contributed by atoms with Gasteiger partial charge in [0.1, 0.15) is 18.0 Å². The Labute approximate surface area is 242 Å². The van der Waals surface area contributed by atoms with Crippen molar-refractivity contribution in [1.29, 1.82) is 0 Å². The topological polar surface area (TPSA) is 86.9 Å². The molecule has 0 spiro atoms. The van der Waals surface area contributed by atoms with E-state index in [9.17, 15) is 9.59 Å². The number of nitrogens with zero attached hydrogens (tertiary/aromatic N) is 2. The third-order valence-corrected chi connectivity index (χ3v) is 7.03. The predicted molar refractivity (Wildman–Crippen MR) is 164 cm³/mol. The van der Waals surface area contributed by atoms with Crippen molar-refractivity contribution in [3.8, 4) is 11.5 Å². The minimum atomic E-state index is -0.319. The summed E-state index contributed by atoms with van der Waals surface area (Å²) in [6.07, 6.45) is 4.40. The smallest absolute Gasteiger partial charge is 0.322 e. The fourth-order valence-electron chi connectivity index (χ4n) is 4.75. The van der Waals surface area contributed by atoms with Crippen LogP contribution < -0.4 is 14.8 Å². The fraction of sp³-hybridized carbons (Fsp3) is 0.333. The average molecular weight is 557 g/mol. The highest BCUT2D eigenvalue weighted by atomic mass is 16.5. The first kappa shape index (κ1) is 29.5. The van der Waals surface area contributed by atoms with Gasteiger partial charge in [0.2, 0.25) is 5.91 Å². The minimum absolute atomic E-state index is 0.0212. The van der Waals surface area contributed by atoms with Crippen LogP contribution in [0.25, 0.3) is 10.9 Å². The van der Waals surface area contributed by atoms with E-state index in [1.165, 1.54) is 0 Å². The number of hydrogen-bond acceptors (Lipinski definition) is 4. The molecule has 0 aliphatic carbocycles. The van der Waals surface area contributed by atoms with Crippen molar-refractivity contribution >= 4 is 28.5 Å². The van der Waals surface area contributed by atoms with Crippen LogP contribution in [0.2, 0.25) is 0 Å². The Bertz CT molecular complexity index is 1420. The summed E-state index contributed by atoms with van der Waals surface area (Å²) in [5.74, 6) is 1.26. The molecule has 1 heterocycles. The lowest BCUT2D eigenvalue weighted by Crippen LogP contribution is -2.45. The molecule has 0 fully saturated rings. The van der Waals surface area contributed by atoms with E-state index in [0.717, 1.165) is 40.6 Å². The van der Waals surface area contributed by atoms with E-state index in [0.29, 0.717) is 44.1 Å². The Morgan fingerprint density at radius 1 is 0.902 bits per heavy atom. The highest BCUT2D eigenvalue weighted by Gasteiger charge is 2.23. The number of rotatable bonds is 14. The van der Waals surface area contributed by atoms with E-state index >= 15 is 0 Å². The number of unbranched alkanes of at least 4 members (excludes halogenated alkanes) is 1. The molecule has 0 unspecified atom stereocenters. The van der Waals surface area contributed by atoms with Crippen LogP contribution in [-0.4, -0.2) is 60.1 Å². The average Bonchev–Trinajstić information content (AvgIpc) is 3.41. The largest absolute Gasteiger partial charge is 0.497 e. The molecule has 3 amide bonds. The molecule has 0 aliphatic rings. The first-order valence-corrected chi connectivity index (χ1v) is 14.3. The zero-order chi connectivity index (χ0) is 29.0. The van der Waals surface area contributed by atoms with Gasteiger partial charge < -0.3 is 29.6 Å². The van der Waals surface area contributed by atoms with E-state index in [2.05, 4.69) is 23.3 Å². The summed E-state index contributed by atoms with van der Waals surface area (Å²) in [5, 5.41) is 4.11. The fourth-order valence-corrected chi connectivity index (χ4v) is 4.75. The van der Waals surface area contributed by atoms with Gasteiger partial charge in [-0.05, 0) is 61.2 Å². The second kappa shape index (κ2) is 14.8. The molecule has 4 aromatic rings. The zero-order valence-corrected chi connectivity index (χ0v) is 24.2. The number of aromatic amines is 1. The molecule has 8 nitrogen and oxygen atoms in total. The molecule has 8 heteroatoms. The van der Waals surface area contributed by atoms with E-state index in [1.54, 1.807) is 18.1 Å². The molecule has 0 atom stereocenters. The number of ether oxygens (including phenoxy) is 2. The monoisotopic (exact) mass is 556 g/mol. The summed E-state index contributed by atoms with van der Waals surface area (Å²) in [5.41, 5.74) is 3.81. The van der Waals surface area contributed by atoms with Crippen molar-refractivity contribution in [3.05, 3.63) is 90.1 Å². The summed E-state index contributed by atoms with van der Waals surface area (Å²) in [6.45, 7) is 5.86. The zero-order valence-electron chi connectivity index (χ0n) is 24.2. The van der Waals surface area contributed by atoms with Crippen LogP contribution in [0.4, 0.5) is 10.5 Å². The SMILES string of the molecule is CCCCN(CC(=O)N(CCc1c[nH]c2ccccc12)Cc1ccc(OC)cc1)C(=O)Nc1ccccc1OCC. The molecule has 0 saturated heterocycles. The summed E-state index contributed by atoms with van der Waals surface area (Å²) in [4.78, 5) is 34.0. The number of aromatic nitrogens is 1. The van der Waals surface area contributed by atoms with Gasteiger partial charge in [-0.15, -0.1) is 0 Å². The Kier molecular flexibility index (Phi) is 10.7. The second-order valence-electron chi connectivity index (χ2n) is 9.91. The lowest BCUT2D eigenvalue weighted by molar-refractivity contribution is -0.132. The van der Waals surface area contributed by atoms with Gasteiger partial charge in [0.15, 0.2) is 0 Å². The Hall–Kier alpha value is -4.46. The number of benzene rings is 3. The summed E-state index contributed by atoms with van der Waals surface area (Å²) in [6, 6.07) is 22.9. The third-order valence-electron chi connectivity index (χ3n) is 7.03. The molecule has 0 radical (unpaired) electrons.